The first-order valence-electron chi connectivity index (χ1n) is 8.06. The van der Waals surface area contributed by atoms with Gasteiger partial charge >= 0.3 is 0 Å². The van der Waals surface area contributed by atoms with Gasteiger partial charge in [0.15, 0.2) is 11.5 Å². The molecule has 0 saturated carbocycles. The Kier molecular flexibility index (Phi) is 7.14. The predicted molar refractivity (Wildman–Crippen MR) is 107 cm³/mol. The van der Waals surface area contributed by atoms with E-state index in [4.69, 9.17) is 15.2 Å². The van der Waals surface area contributed by atoms with Gasteiger partial charge in [-0.2, -0.15) is 0 Å². The van der Waals surface area contributed by atoms with Crippen LogP contribution in [0.3, 0.4) is 0 Å². The molecule has 2 N–H and O–H groups in total. The van der Waals surface area contributed by atoms with E-state index in [-0.39, 0.29) is 18.4 Å². The molecule has 25 heavy (non-hydrogen) atoms. The Labute approximate surface area is 163 Å². The predicted octanol–water partition coefficient (Wildman–Crippen LogP) is 3.81. The lowest BCUT2D eigenvalue weighted by Crippen LogP contribution is -2.28. The zero-order valence-corrected chi connectivity index (χ0v) is 16.8. The van der Waals surface area contributed by atoms with Gasteiger partial charge in [0.1, 0.15) is 0 Å². The number of ether oxygens (including phenoxy) is 2. The summed E-state index contributed by atoms with van der Waals surface area (Å²) in [5, 5.41) is 0. The molecule has 0 unspecified atom stereocenters. The van der Waals surface area contributed by atoms with E-state index in [2.05, 4.69) is 51.2 Å². The molecule has 1 fully saturated rings. The summed E-state index contributed by atoms with van der Waals surface area (Å²) in [6, 6.07) is 14.7. The smallest absolute Gasteiger partial charge is 0.175 e. The van der Waals surface area contributed by atoms with Crippen molar-refractivity contribution >= 4 is 28.3 Å². The third-order valence-electron chi connectivity index (χ3n) is 4.63. The van der Waals surface area contributed by atoms with E-state index in [9.17, 15) is 0 Å². The molecule has 1 saturated heterocycles. The highest BCUT2D eigenvalue weighted by atomic mass is 79.9. The van der Waals surface area contributed by atoms with Crippen LogP contribution in [0, 0.1) is 0 Å². The van der Waals surface area contributed by atoms with Crippen LogP contribution in [0.1, 0.15) is 17.0 Å². The molecule has 0 spiro atoms. The number of methoxy groups -OCH3 is 2. The van der Waals surface area contributed by atoms with Gasteiger partial charge in [0.2, 0.25) is 0 Å². The number of likely N-dealkylation sites (tertiary alicyclic amines) is 1. The first kappa shape index (κ1) is 20.0. The fourth-order valence-electron chi connectivity index (χ4n) is 3.39. The van der Waals surface area contributed by atoms with Crippen molar-refractivity contribution in [2.45, 2.75) is 18.5 Å². The van der Waals surface area contributed by atoms with E-state index in [1.54, 1.807) is 14.2 Å². The lowest BCUT2D eigenvalue weighted by Gasteiger charge is -2.19. The van der Waals surface area contributed by atoms with Gasteiger partial charge in [-0.25, -0.2) is 0 Å². The maximum absolute atomic E-state index is 6.40. The molecule has 2 aromatic carbocycles. The minimum absolute atomic E-state index is 0. The molecule has 2 aromatic rings. The molecule has 0 aromatic heterocycles. The van der Waals surface area contributed by atoms with Crippen molar-refractivity contribution in [1.29, 1.82) is 0 Å². The highest BCUT2D eigenvalue weighted by Crippen LogP contribution is 2.38. The third kappa shape index (κ3) is 4.29. The Hall–Kier alpha value is -1.27. The van der Waals surface area contributed by atoms with Crippen LogP contribution in [0.25, 0.3) is 0 Å². The average molecular weight is 428 g/mol. The van der Waals surface area contributed by atoms with Crippen molar-refractivity contribution in [2.75, 3.05) is 27.3 Å². The molecule has 1 aliphatic heterocycles. The fraction of sp³-hybridized carbons (Fsp3) is 0.368. The largest absolute Gasteiger partial charge is 0.493 e. The number of nitrogens with zero attached hydrogens (tertiary/aromatic N) is 1. The Balaban J connectivity index is 0.00000225. The maximum atomic E-state index is 6.40. The average Bonchev–Trinajstić information content (AvgIpc) is 2.97. The minimum Gasteiger partial charge on any atom is -0.493 e. The molecule has 0 amide bonds. The van der Waals surface area contributed by atoms with Gasteiger partial charge in [0.25, 0.3) is 0 Å². The van der Waals surface area contributed by atoms with E-state index in [0.717, 1.165) is 35.6 Å². The fourth-order valence-corrected chi connectivity index (χ4v) is 4.00. The van der Waals surface area contributed by atoms with Crippen LogP contribution in [0.5, 0.6) is 11.5 Å². The van der Waals surface area contributed by atoms with Gasteiger partial charge in [-0.3, -0.25) is 4.90 Å². The first-order chi connectivity index (χ1) is 11.6. The van der Waals surface area contributed by atoms with Gasteiger partial charge in [0.05, 0.1) is 18.7 Å². The Morgan fingerprint density at radius 2 is 1.80 bits per heavy atom. The number of nitrogens with two attached hydrogens (primary N) is 1. The topological polar surface area (TPSA) is 47.7 Å². The molecule has 6 heteroatoms. The SMILES string of the molecule is COc1ccc(CN2C[C@@H](N)[C@H](c3ccccc3)C2)c(Br)c1OC.Cl. The number of halogens is 2. The molecule has 0 bridgehead atoms. The summed E-state index contributed by atoms with van der Waals surface area (Å²) < 4.78 is 11.8. The Morgan fingerprint density at radius 1 is 1.08 bits per heavy atom. The van der Waals surface area contributed by atoms with Gasteiger partial charge in [-0.05, 0) is 33.1 Å². The molecule has 3 rings (SSSR count). The lowest BCUT2D eigenvalue weighted by atomic mass is 9.95. The number of rotatable bonds is 5. The van der Waals surface area contributed by atoms with Crippen LogP contribution < -0.4 is 15.2 Å². The van der Waals surface area contributed by atoms with Crippen molar-refractivity contribution in [2.24, 2.45) is 5.73 Å². The van der Waals surface area contributed by atoms with E-state index in [1.165, 1.54) is 11.1 Å². The molecular formula is C19H24BrClN2O2. The standard InChI is InChI=1S/C19H23BrN2O2.ClH/c1-23-17-9-8-14(18(20)19(17)24-2)10-22-11-15(16(21)12-22)13-6-4-3-5-7-13;/h3-9,15-16H,10-12,21H2,1-2H3;1H/t15-,16+;/m0./s1. The van der Waals surface area contributed by atoms with Gasteiger partial charge < -0.3 is 15.2 Å². The molecule has 2 atom stereocenters. The van der Waals surface area contributed by atoms with Crippen molar-refractivity contribution in [3.05, 3.63) is 58.1 Å². The molecule has 1 heterocycles. The molecule has 4 nitrogen and oxygen atoms in total. The van der Waals surface area contributed by atoms with E-state index < -0.39 is 0 Å². The normalized spacial score (nSPS) is 20.2. The highest BCUT2D eigenvalue weighted by Gasteiger charge is 2.31. The summed E-state index contributed by atoms with van der Waals surface area (Å²) in [6.07, 6.45) is 0. The lowest BCUT2D eigenvalue weighted by molar-refractivity contribution is 0.319. The van der Waals surface area contributed by atoms with Crippen LogP contribution in [-0.4, -0.2) is 38.3 Å². The summed E-state index contributed by atoms with van der Waals surface area (Å²) in [5.41, 5.74) is 8.89. The summed E-state index contributed by atoms with van der Waals surface area (Å²) in [7, 11) is 3.30. The molecule has 0 radical (unpaired) electrons. The van der Waals surface area contributed by atoms with Gasteiger partial charge in [-0.15, -0.1) is 12.4 Å². The second-order valence-electron chi connectivity index (χ2n) is 6.15. The van der Waals surface area contributed by atoms with E-state index >= 15 is 0 Å². The second-order valence-corrected chi connectivity index (χ2v) is 6.94. The number of benzene rings is 2. The third-order valence-corrected chi connectivity index (χ3v) is 5.50. The summed E-state index contributed by atoms with van der Waals surface area (Å²) in [5.74, 6) is 1.84. The Bertz CT molecular complexity index is 699. The van der Waals surface area contributed by atoms with Crippen LogP contribution in [0.2, 0.25) is 0 Å². The van der Waals surface area contributed by atoms with E-state index in [0.29, 0.717) is 5.92 Å². The molecule has 136 valence electrons. The molecular weight excluding hydrogens is 404 g/mol. The van der Waals surface area contributed by atoms with Gasteiger partial charge in [0, 0.05) is 31.6 Å². The summed E-state index contributed by atoms with van der Waals surface area (Å²) >= 11 is 3.65. The zero-order valence-electron chi connectivity index (χ0n) is 14.4. The summed E-state index contributed by atoms with van der Waals surface area (Å²) in [4.78, 5) is 2.40. The van der Waals surface area contributed by atoms with Crippen molar-refractivity contribution in [1.82, 2.24) is 4.90 Å². The summed E-state index contributed by atoms with van der Waals surface area (Å²) in [6.45, 7) is 2.68. The first-order valence-corrected chi connectivity index (χ1v) is 8.85. The van der Waals surface area contributed by atoms with Crippen molar-refractivity contribution < 1.29 is 9.47 Å². The van der Waals surface area contributed by atoms with Crippen molar-refractivity contribution in [3.63, 3.8) is 0 Å². The van der Waals surface area contributed by atoms with E-state index in [1.807, 2.05) is 12.1 Å². The number of hydrogen-bond acceptors (Lipinski definition) is 4. The van der Waals surface area contributed by atoms with Crippen LogP contribution in [0.15, 0.2) is 46.9 Å². The van der Waals surface area contributed by atoms with Gasteiger partial charge in [-0.1, -0.05) is 36.4 Å². The number of hydrogen-bond donors (Lipinski definition) is 1. The molecule has 1 aliphatic rings. The monoisotopic (exact) mass is 426 g/mol. The molecule has 0 aliphatic carbocycles. The maximum Gasteiger partial charge on any atom is 0.175 e. The highest BCUT2D eigenvalue weighted by molar-refractivity contribution is 9.10. The van der Waals surface area contributed by atoms with Crippen molar-refractivity contribution in [3.8, 4) is 11.5 Å². The van der Waals surface area contributed by atoms with Crippen LogP contribution in [-0.2, 0) is 6.54 Å². The quantitative estimate of drug-likeness (QED) is 0.788. The second kappa shape index (κ2) is 8.90. The Morgan fingerprint density at radius 3 is 2.44 bits per heavy atom. The van der Waals surface area contributed by atoms with Crippen LogP contribution in [0.4, 0.5) is 0 Å². The minimum atomic E-state index is 0. The van der Waals surface area contributed by atoms with Crippen LogP contribution >= 0.6 is 28.3 Å². The zero-order chi connectivity index (χ0) is 17.1.